The Morgan fingerprint density at radius 2 is 0.523 bits per heavy atom. The number of rotatable bonds is 40. The summed E-state index contributed by atoms with van der Waals surface area (Å²) in [5.74, 6) is 2.40. The second-order valence-electron chi connectivity index (χ2n) is 9.86. The van der Waals surface area contributed by atoms with E-state index in [0.717, 1.165) is 13.0 Å². The molecule has 0 radical (unpaired) electrons. The third-order valence-corrected chi connectivity index (χ3v) is 6.05. The Labute approximate surface area is 268 Å². The molecule has 0 atom stereocenters. The average Bonchev–Trinajstić information content (AvgIpc) is 3.04. The van der Waals surface area contributed by atoms with Gasteiger partial charge in [0.15, 0.2) is 0 Å². The van der Waals surface area contributed by atoms with Crippen molar-refractivity contribution >= 4 is 0 Å². The first-order chi connectivity index (χ1) is 21.9. The van der Waals surface area contributed by atoms with Crippen LogP contribution in [-0.2, 0) is 52.1 Å². The Morgan fingerprint density at radius 1 is 0.295 bits per heavy atom. The third-order valence-electron chi connectivity index (χ3n) is 6.05. The Hall–Kier alpha value is -0.880. The highest BCUT2D eigenvalue weighted by atomic mass is 16.6. The van der Waals surface area contributed by atoms with Gasteiger partial charge in [0.1, 0.15) is 6.61 Å². The molecule has 0 fully saturated rings. The summed E-state index contributed by atoms with van der Waals surface area (Å²) >= 11 is 0. The van der Waals surface area contributed by atoms with E-state index in [9.17, 15) is 0 Å². The van der Waals surface area contributed by atoms with Crippen molar-refractivity contribution in [2.75, 3.05) is 145 Å². The molecule has 0 aliphatic carbocycles. The summed E-state index contributed by atoms with van der Waals surface area (Å²) < 4.78 is 59.9. The molecule has 0 N–H and O–H groups in total. The summed E-state index contributed by atoms with van der Waals surface area (Å²) in [6.07, 6.45) is 15.6. The molecule has 0 aromatic heterocycles. The van der Waals surface area contributed by atoms with E-state index in [1.165, 1.54) is 44.9 Å². The zero-order chi connectivity index (χ0) is 31.7. The Morgan fingerprint density at radius 3 is 0.795 bits per heavy atom. The molecule has 11 nitrogen and oxygen atoms in total. The summed E-state index contributed by atoms with van der Waals surface area (Å²) in [4.78, 5) is 0. The third kappa shape index (κ3) is 41.1. The molecule has 0 rings (SSSR count). The molecule has 11 heteroatoms. The van der Waals surface area contributed by atoms with Crippen molar-refractivity contribution in [1.29, 1.82) is 0 Å². The predicted octanol–water partition coefficient (Wildman–Crippen LogP) is 3.94. The van der Waals surface area contributed by atoms with Crippen molar-refractivity contribution in [2.45, 2.75) is 58.3 Å². The SMILES string of the molecule is C#CCOCCOCCOCCOCCOCCOCCOCCOCCOCCOCCOCCCCCCCCCC. The van der Waals surface area contributed by atoms with E-state index in [1.807, 2.05) is 0 Å². The van der Waals surface area contributed by atoms with Crippen LogP contribution in [-0.4, -0.2) is 145 Å². The van der Waals surface area contributed by atoms with Gasteiger partial charge in [0.2, 0.25) is 0 Å². The van der Waals surface area contributed by atoms with E-state index >= 15 is 0 Å². The van der Waals surface area contributed by atoms with Crippen molar-refractivity contribution in [2.24, 2.45) is 0 Å². The van der Waals surface area contributed by atoms with Crippen molar-refractivity contribution in [1.82, 2.24) is 0 Å². The maximum absolute atomic E-state index is 5.62. The van der Waals surface area contributed by atoms with Crippen LogP contribution in [0.5, 0.6) is 0 Å². The van der Waals surface area contributed by atoms with Gasteiger partial charge < -0.3 is 52.1 Å². The van der Waals surface area contributed by atoms with Crippen LogP contribution < -0.4 is 0 Å². The van der Waals surface area contributed by atoms with Crippen LogP contribution >= 0.6 is 0 Å². The van der Waals surface area contributed by atoms with Gasteiger partial charge in [-0.1, -0.05) is 57.8 Å². The number of unbranched alkanes of at least 4 members (excludes halogenated alkanes) is 7. The molecule has 0 saturated heterocycles. The Kier molecular flexibility index (Phi) is 41.3. The van der Waals surface area contributed by atoms with E-state index < -0.39 is 0 Å². The highest BCUT2D eigenvalue weighted by Gasteiger charge is 1.97. The lowest BCUT2D eigenvalue weighted by atomic mass is 10.1. The molecule has 0 aliphatic rings. The summed E-state index contributed by atoms with van der Waals surface area (Å²) in [6, 6.07) is 0. The van der Waals surface area contributed by atoms with Gasteiger partial charge in [-0.3, -0.25) is 0 Å². The average molecular weight is 637 g/mol. The highest BCUT2D eigenvalue weighted by molar-refractivity contribution is 4.82. The number of ether oxygens (including phenoxy) is 11. The summed E-state index contributed by atoms with van der Waals surface area (Å²) in [7, 11) is 0. The minimum absolute atomic E-state index is 0.311. The minimum atomic E-state index is 0.311. The van der Waals surface area contributed by atoms with Crippen molar-refractivity contribution < 1.29 is 52.1 Å². The Bertz CT molecular complexity index is 548. The van der Waals surface area contributed by atoms with Gasteiger partial charge in [-0.25, -0.2) is 0 Å². The molecular formula is C33H64O11. The molecule has 0 spiro atoms. The summed E-state index contributed by atoms with van der Waals surface area (Å²) in [6.45, 7) is 14.1. The van der Waals surface area contributed by atoms with Gasteiger partial charge in [0, 0.05) is 6.61 Å². The highest BCUT2D eigenvalue weighted by Crippen LogP contribution is 2.08. The fraction of sp³-hybridized carbons (Fsp3) is 0.939. The number of terminal acetylenes is 1. The first-order valence-electron chi connectivity index (χ1n) is 16.7. The van der Waals surface area contributed by atoms with Crippen molar-refractivity contribution in [3.05, 3.63) is 0 Å². The van der Waals surface area contributed by atoms with Crippen LogP contribution in [0.2, 0.25) is 0 Å². The number of hydrogen-bond acceptors (Lipinski definition) is 11. The molecule has 0 aromatic rings. The first kappa shape index (κ1) is 43.1. The maximum Gasteiger partial charge on any atom is 0.107 e. The first-order valence-corrected chi connectivity index (χ1v) is 16.7. The van der Waals surface area contributed by atoms with Crippen LogP contribution in [0.1, 0.15) is 58.3 Å². The standard InChI is InChI=1S/C33H64O11/c1-3-5-6-7-8-9-10-11-13-35-15-17-37-19-21-39-23-25-41-27-29-43-31-33-44-32-30-42-28-26-40-24-22-38-20-18-36-16-14-34-12-4-2/h2H,3,5-33H2,1H3. The Balaban J connectivity index is 3.03. The van der Waals surface area contributed by atoms with Crippen LogP contribution in [0.4, 0.5) is 0 Å². The fourth-order valence-electron chi connectivity index (χ4n) is 3.67. The maximum atomic E-state index is 5.62. The quantitative estimate of drug-likeness (QED) is 0.0722. The largest absolute Gasteiger partial charge is 0.379 e. The van der Waals surface area contributed by atoms with Gasteiger partial charge in [-0.05, 0) is 6.42 Å². The van der Waals surface area contributed by atoms with Gasteiger partial charge in [-0.15, -0.1) is 6.42 Å². The normalized spacial score (nSPS) is 11.4. The van der Waals surface area contributed by atoms with E-state index in [0.29, 0.717) is 139 Å². The van der Waals surface area contributed by atoms with E-state index in [4.69, 9.17) is 58.5 Å². The second-order valence-corrected chi connectivity index (χ2v) is 9.86. The summed E-state index contributed by atoms with van der Waals surface area (Å²) in [5.41, 5.74) is 0. The molecule has 44 heavy (non-hydrogen) atoms. The van der Waals surface area contributed by atoms with Gasteiger partial charge in [-0.2, -0.15) is 0 Å². The van der Waals surface area contributed by atoms with Crippen LogP contribution in [0.3, 0.4) is 0 Å². The second kappa shape index (κ2) is 42.1. The minimum Gasteiger partial charge on any atom is -0.379 e. The molecule has 0 amide bonds. The fourth-order valence-corrected chi connectivity index (χ4v) is 3.67. The van der Waals surface area contributed by atoms with Crippen LogP contribution in [0, 0.1) is 12.3 Å². The molecule has 0 heterocycles. The van der Waals surface area contributed by atoms with Crippen LogP contribution in [0.25, 0.3) is 0 Å². The van der Waals surface area contributed by atoms with Gasteiger partial charge in [0.25, 0.3) is 0 Å². The molecule has 262 valence electrons. The lowest BCUT2D eigenvalue weighted by Crippen LogP contribution is -2.15. The topological polar surface area (TPSA) is 102 Å². The molecule has 0 aliphatic heterocycles. The van der Waals surface area contributed by atoms with Crippen molar-refractivity contribution in [3.63, 3.8) is 0 Å². The molecule has 0 unspecified atom stereocenters. The smallest absolute Gasteiger partial charge is 0.107 e. The lowest BCUT2D eigenvalue weighted by molar-refractivity contribution is -0.0272. The monoisotopic (exact) mass is 636 g/mol. The van der Waals surface area contributed by atoms with Gasteiger partial charge >= 0.3 is 0 Å². The molecule has 0 aromatic carbocycles. The number of hydrogen-bond donors (Lipinski definition) is 0. The molecule has 0 saturated carbocycles. The lowest BCUT2D eigenvalue weighted by Gasteiger charge is -2.09. The predicted molar refractivity (Wildman–Crippen MR) is 170 cm³/mol. The molecule has 0 bridgehead atoms. The zero-order valence-corrected chi connectivity index (χ0v) is 27.8. The van der Waals surface area contributed by atoms with Crippen LogP contribution in [0.15, 0.2) is 0 Å². The summed E-state index contributed by atoms with van der Waals surface area (Å²) in [5, 5.41) is 0. The van der Waals surface area contributed by atoms with Crippen molar-refractivity contribution in [3.8, 4) is 12.3 Å². The van der Waals surface area contributed by atoms with Gasteiger partial charge in [0.05, 0.1) is 132 Å². The van der Waals surface area contributed by atoms with E-state index in [-0.39, 0.29) is 0 Å². The van der Waals surface area contributed by atoms with E-state index in [2.05, 4.69) is 12.8 Å². The van der Waals surface area contributed by atoms with E-state index in [1.54, 1.807) is 0 Å². The molecular weight excluding hydrogens is 572 g/mol. The zero-order valence-electron chi connectivity index (χ0n) is 27.8.